The molecule has 0 aromatic carbocycles. The van der Waals surface area contributed by atoms with Crippen molar-refractivity contribution in [2.24, 2.45) is 5.92 Å². The SMILES string of the molecule is CCC(C)C1CNC(C)(CC)CN1Cc1nccs1. The van der Waals surface area contributed by atoms with Crippen molar-refractivity contribution in [1.82, 2.24) is 15.2 Å². The highest BCUT2D eigenvalue weighted by Crippen LogP contribution is 2.26. The molecule has 3 unspecified atom stereocenters. The van der Waals surface area contributed by atoms with Gasteiger partial charge in [-0.25, -0.2) is 4.98 Å². The lowest BCUT2D eigenvalue weighted by molar-refractivity contribution is 0.0486. The molecule has 0 radical (unpaired) electrons. The maximum absolute atomic E-state index is 4.46. The van der Waals surface area contributed by atoms with Gasteiger partial charge >= 0.3 is 0 Å². The zero-order valence-corrected chi connectivity index (χ0v) is 13.5. The van der Waals surface area contributed by atoms with Crippen molar-refractivity contribution in [3.8, 4) is 0 Å². The molecule has 1 aromatic rings. The molecular weight excluding hydrogens is 254 g/mol. The molecule has 2 rings (SSSR count). The van der Waals surface area contributed by atoms with E-state index in [1.165, 1.54) is 17.8 Å². The zero-order chi connectivity index (χ0) is 13.9. The number of rotatable bonds is 5. The fourth-order valence-corrected chi connectivity index (χ4v) is 3.49. The molecule has 2 heterocycles. The first-order valence-electron chi connectivity index (χ1n) is 7.45. The van der Waals surface area contributed by atoms with E-state index < -0.39 is 0 Å². The van der Waals surface area contributed by atoms with Crippen LogP contribution in [0, 0.1) is 5.92 Å². The summed E-state index contributed by atoms with van der Waals surface area (Å²) in [5, 5.41) is 7.08. The third-order valence-electron chi connectivity index (χ3n) is 4.66. The van der Waals surface area contributed by atoms with Crippen molar-refractivity contribution in [2.45, 2.75) is 58.7 Å². The summed E-state index contributed by atoms with van der Waals surface area (Å²) in [6.45, 7) is 12.5. The minimum atomic E-state index is 0.251. The van der Waals surface area contributed by atoms with Crippen LogP contribution >= 0.6 is 11.3 Å². The first-order valence-corrected chi connectivity index (χ1v) is 8.33. The Labute approximate surface area is 121 Å². The van der Waals surface area contributed by atoms with Crippen LogP contribution in [0.5, 0.6) is 0 Å². The van der Waals surface area contributed by atoms with Crippen LogP contribution in [0.4, 0.5) is 0 Å². The van der Waals surface area contributed by atoms with E-state index >= 15 is 0 Å². The second-order valence-corrected chi connectivity index (χ2v) is 7.06. The molecule has 0 bridgehead atoms. The van der Waals surface area contributed by atoms with Crippen LogP contribution in [-0.4, -0.2) is 34.6 Å². The molecule has 4 heteroatoms. The fourth-order valence-electron chi connectivity index (χ4n) is 2.85. The Morgan fingerprint density at radius 3 is 2.95 bits per heavy atom. The van der Waals surface area contributed by atoms with Crippen LogP contribution in [0.25, 0.3) is 0 Å². The summed E-state index contributed by atoms with van der Waals surface area (Å²) >= 11 is 1.77. The third kappa shape index (κ3) is 3.56. The lowest BCUT2D eigenvalue weighted by Crippen LogP contribution is -2.63. The van der Waals surface area contributed by atoms with Crippen LogP contribution in [0.1, 0.15) is 45.5 Å². The average molecular weight is 281 g/mol. The largest absolute Gasteiger partial charge is 0.309 e. The Morgan fingerprint density at radius 1 is 1.58 bits per heavy atom. The van der Waals surface area contributed by atoms with Crippen LogP contribution in [0.2, 0.25) is 0 Å². The Morgan fingerprint density at radius 2 is 2.37 bits per heavy atom. The van der Waals surface area contributed by atoms with Gasteiger partial charge in [0, 0.05) is 36.2 Å². The normalized spacial score (nSPS) is 30.4. The first-order chi connectivity index (χ1) is 9.08. The van der Waals surface area contributed by atoms with Crippen molar-refractivity contribution in [2.75, 3.05) is 13.1 Å². The predicted octanol–water partition coefficient (Wildman–Crippen LogP) is 3.13. The van der Waals surface area contributed by atoms with E-state index in [0.29, 0.717) is 6.04 Å². The van der Waals surface area contributed by atoms with Crippen molar-refractivity contribution in [3.63, 3.8) is 0 Å². The molecule has 1 aliphatic heterocycles. The Kier molecular flexibility index (Phi) is 4.98. The van der Waals surface area contributed by atoms with E-state index in [4.69, 9.17) is 0 Å². The van der Waals surface area contributed by atoms with Gasteiger partial charge in [-0.05, 0) is 19.3 Å². The first kappa shape index (κ1) is 14.9. The van der Waals surface area contributed by atoms with E-state index in [-0.39, 0.29) is 5.54 Å². The third-order valence-corrected chi connectivity index (χ3v) is 5.43. The molecule has 0 saturated carbocycles. The molecule has 3 atom stereocenters. The van der Waals surface area contributed by atoms with Gasteiger partial charge < -0.3 is 5.32 Å². The molecule has 19 heavy (non-hydrogen) atoms. The van der Waals surface area contributed by atoms with Crippen LogP contribution in [-0.2, 0) is 6.54 Å². The summed E-state index contributed by atoms with van der Waals surface area (Å²) < 4.78 is 0. The van der Waals surface area contributed by atoms with Crippen LogP contribution in [0.15, 0.2) is 11.6 Å². The molecule has 0 aliphatic carbocycles. The molecule has 1 aromatic heterocycles. The molecule has 1 fully saturated rings. The van der Waals surface area contributed by atoms with Gasteiger partial charge in [0.2, 0.25) is 0 Å². The van der Waals surface area contributed by atoms with Gasteiger partial charge in [0.25, 0.3) is 0 Å². The van der Waals surface area contributed by atoms with Gasteiger partial charge in [-0.2, -0.15) is 0 Å². The monoisotopic (exact) mass is 281 g/mol. The Balaban J connectivity index is 2.11. The van der Waals surface area contributed by atoms with Gasteiger partial charge in [0.1, 0.15) is 5.01 Å². The minimum Gasteiger partial charge on any atom is -0.309 e. The average Bonchev–Trinajstić information content (AvgIpc) is 2.91. The van der Waals surface area contributed by atoms with Crippen molar-refractivity contribution in [1.29, 1.82) is 0 Å². The van der Waals surface area contributed by atoms with E-state index in [1.54, 1.807) is 11.3 Å². The summed E-state index contributed by atoms with van der Waals surface area (Å²) in [5.41, 5.74) is 0.251. The van der Waals surface area contributed by atoms with Crippen molar-refractivity contribution in [3.05, 3.63) is 16.6 Å². The maximum Gasteiger partial charge on any atom is 0.107 e. The Bertz CT molecular complexity index is 379. The number of nitrogens with one attached hydrogen (secondary N) is 1. The minimum absolute atomic E-state index is 0.251. The maximum atomic E-state index is 4.46. The highest BCUT2D eigenvalue weighted by molar-refractivity contribution is 7.09. The van der Waals surface area contributed by atoms with Gasteiger partial charge in [0.15, 0.2) is 0 Å². The zero-order valence-electron chi connectivity index (χ0n) is 12.6. The number of thiazole rings is 1. The molecule has 1 aliphatic rings. The number of hydrogen-bond acceptors (Lipinski definition) is 4. The second kappa shape index (κ2) is 6.33. The van der Waals surface area contributed by atoms with Crippen LogP contribution < -0.4 is 5.32 Å². The quantitative estimate of drug-likeness (QED) is 0.899. The number of hydrogen-bond donors (Lipinski definition) is 1. The highest BCUT2D eigenvalue weighted by atomic mass is 32.1. The summed E-state index contributed by atoms with van der Waals surface area (Å²) in [7, 11) is 0. The molecule has 108 valence electrons. The van der Waals surface area contributed by atoms with E-state index in [0.717, 1.165) is 25.6 Å². The van der Waals surface area contributed by atoms with Crippen molar-refractivity contribution >= 4 is 11.3 Å². The molecule has 0 amide bonds. The molecule has 3 nitrogen and oxygen atoms in total. The molecule has 0 spiro atoms. The standard InChI is InChI=1S/C15H27N3S/c1-5-12(3)13-9-17-15(4,6-2)11-18(13)10-14-16-7-8-19-14/h7-8,12-13,17H,5-6,9-11H2,1-4H3. The topological polar surface area (TPSA) is 28.2 Å². The van der Waals surface area contributed by atoms with E-state index in [1.807, 2.05) is 6.20 Å². The Hall–Kier alpha value is -0.450. The van der Waals surface area contributed by atoms with Gasteiger partial charge in [-0.1, -0.05) is 27.2 Å². The lowest BCUT2D eigenvalue weighted by atomic mass is 9.88. The number of piperazine rings is 1. The van der Waals surface area contributed by atoms with E-state index in [2.05, 4.69) is 48.3 Å². The van der Waals surface area contributed by atoms with Crippen LogP contribution in [0.3, 0.4) is 0 Å². The molecule has 1 saturated heterocycles. The van der Waals surface area contributed by atoms with Crippen molar-refractivity contribution < 1.29 is 0 Å². The second-order valence-electron chi connectivity index (χ2n) is 6.08. The summed E-state index contributed by atoms with van der Waals surface area (Å²) in [4.78, 5) is 7.11. The summed E-state index contributed by atoms with van der Waals surface area (Å²) in [5.74, 6) is 0.730. The van der Waals surface area contributed by atoms with E-state index in [9.17, 15) is 0 Å². The highest BCUT2D eigenvalue weighted by Gasteiger charge is 2.36. The summed E-state index contributed by atoms with van der Waals surface area (Å²) in [6, 6.07) is 0.633. The summed E-state index contributed by atoms with van der Waals surface area (Å²) in [6.07, 6.45) is 4.33. The smallest absolute Gasteiger partial charge is 0.107 e. The fraction of sp³-hybridized carbons (Fsp3) is 0.800. The van der Waals surface area contributed by atoms with Gasteiger partial charge in [0.05, 0.1) is 6.54 Å². The number of nitrogens with zero attached hydrogens (tertiary/aromatic N) is 2. The molecular formula is C15H27N3S. The lowest BCUT2D eigenvalue weighted by Gasteiger charge is -2.47. The predicted molar refractivity (Wildman–Crippen MR) is 82.5 cm³/mol. The number of aromatic nitrogens is 1. The van der Waals surface area contributed by atoms with Gasteiger partial charge in [-0.15, -0.1) is 11.3 Å². The van der Waals surface area contributed by atoms with Gasteiger partial charge in [-0.3, -0.25) is 4.90 Å². The molecule has 1 N–H and O–H groups in total.